The van der Waals surface area contributed by atoms with Crippen molar-refractivity contribution in [2.24, 2.45) is 0 Å². The normalized spacial score (nSPS) is 10.9. The number of benzene rings is 2. The highest BCUT2D eigenvalue weighted by molar-refractivity contribution is 7.98. The number of carbonyl (C=O) groups is 1. The van der Waals surface area contributed by atoms with Crippen LogP contribution in [0, 0.1) is 5.82 Å². The third-order valence-electron chi connectivity index (χ3n) is 2.77. The summed E-state index contributed by atoms with van der Waals surface area (Å²) in [5, 5.41) is 9.08. The predicted octanol–water partition coefficient (Wildman–Crippen LogP) is 4.15. The first-order valence-corrected chi connectivity index (χ1v) is 7.17. The average Bonchev–Trinajstić information content (AvgIpc) is 2.48. The molecule has 0 fully saturated rings. The van der Waals surface area contributed by atoms with Crippen molar-refractivity contribution in [1.29, 1.82) is 0 Å². The van der Waals surface area contributed by atoms with Gasteiger partial charge < -0.3 is 5.11 Å². The van der Waals surface area contributed by atoms with Crippen molar-refractivity contribution in [3.05, 3.63) is 65.5 Å². The fraction of sp³-hybridized carbons (Fsp3) is 0.0625. The molecule has 0 aliphatic heterocycles. The van der Waals surface area contributed by atoms with E-state index >= 15 is 0 Å². The van der Waals surface area contributed by atoms with Gasteiger partial charge in [0.05, 0.1) is 0 Å². The molecule has 0 radical (unpaired) electrons. The number of aromatic hydroxyl groups is 1. The van der Waals surface area contributed by atoms with Crippen molar-refractivity contribution in [2.45, 2.75) is 4.90 Å². The van der Waals surface area contributed by atoms with Gasteiger partial charge in [-0.05, 0) is 54.3 Å². The summed E-state index contributed by atoms with van der Waals surface area (Å²) in [7, 11) is 0. The van der Waals surface area contributed by atoms with Crippen molar-refractivity contribution in [2.75, 3.05) is 6.26 Å². The van der Waals surface area contributed by atoms with Crippen LogP contribution in [0.3, 0.4) is 0 Å². The molecule has 102 valence electrons. The van der Waals surface area contributed by atoms with E-state index in [9.17, 15) is 9.18 Å². The van der Waals surface area contributed by atoms with Gasteiger partial charge in [0.15, 0.2) is 17.3 Å². The van der Waals surface area contributed by atoms with E-state index < -0.39 is 11.6 Å². The van der Waals surface area contributed by atoms with Crippen LogP contribution in [0.5, 0.6) is 5.75 Å². The summed E-state index contributed by atoms with van der Waals surface area (Å²) in [4.78, 5) is 13.0. The van der Waals surface area contributed by atoms with Crippen LogP contribution in [0.25, 0.3) is 6.08 Å². The highest BCUT2D eigenvalue weighted by atomic mass is 32.2. The third-order valence-corrected chi connectivity index (χ3v) is 3.52. The van der Waals surface area contributed by atoms with Gasteiger partial charge in [0, 0.05) is 10.5 Å². The Morgan fingerprint density at radius 2 is 1.90 bits per heavy atom. The Morgan fingerprint density at radius 3 is 2.50 bits per heavy atom. The fourth-order valence-electron chi connectivity index (χ4n) is 1.65. The lowest BCUT2D eigenvalue weighted by molar-refractivity contribution is 0.104. The first-order chi connectivity index (χ1) is 9.60. The van der Waals surface area contributed by atoms with Crippen LogP contribution in [0.2, 0.25) is 0 Å². The molecule has 1 N–H and O–H groups in total. The number of carbonyl (C=O) groups excluding carboxylic acids is 1. The van der Waals surface area contributed by atoms with Crippen molar-refractivity contribution in [3.63, 3.8) is 0 Å². The van der Waals surface area contributed by atoms with Crippen LogP contribution in [-0.2, 0) is 0 Å². The zero-order valence-corrected chi connectivity index (χ0v) is 11.7. The van der Waals surface area contributed by atoms with Gasteiger partial charge in [0.1, 0.15) is 0 Å². The predicted molar refractivity (Wildman–Crippen MR) is 79.7 cm³/mol. The van der Waals surface area contributed by atoms with Crippen molar-refractivity contribution < 1.29 is 14.3 Å². The molecule has 0 saturated carbocycles. The summed E-state index contributed by atoms with van der Waals surface area (Å²) >= 11 is 1.61. The molecule has 0 saturated heterocycles. The standard InChI is InChI=1S/C16H13FO2S/c1-20-13-6-4-12(5-7-13)15(18)8-2-11-3-9-16(19)14(17)10-11/h2-10,19H,1H3. The molecule has 0 amide bonds. The monoisotopic (exact) mass is 288 g/mol. The van der Waals surface area contributed by atoms with Gasteiger partial charge in [-0.2, -0.15) is 0 Å². The van der Waals surface area contributed by atoms with Crippen LogP contribution in [0.4, 0.5) is 4.39 Å². The molecule has 2 nitrogen and oxygen atoms in total. The Hall–Kier alpha value is -2.07. The number of thioether (sulfide) groups is 1. The smallest absolute Gasteiger partial charge is 0.185 e. The SMILES string of the molecule is CSc1ccc(C(=O)C=Cc2ccc(O)c(F)c2)cc1. The van der Waals surface area contributed by atoms with Crippen LogP contribution in [-0.4, -0.2) is 17.1 Å². The highest BCUT2D eigenvalue weighted by Crippen LogP contribution is 2.18. The van der Waals surface area contributed by atoms with E-state index in [1.807, 2.05) is 18.4 Å². The summed E-state index contributed by atoms with van der Waals surface area (Å²) in [5.41, 5.74) is 1.10. The first kappa shape index (κ1) is 14.3. The second-order valence-corrected chi connectivity index (χ2v) is 5.02. The lowest BCUT2D eigenvalue weighted by atomic mass is 10.1. The van der Waals surface area contributed by atoms with Gasteiger partial charge in [-0.25, -0.2) is 4.39 Å². The van der Waals surface area contributed by atoms with Gasteiger partial charge in [-0.1, -0.05) is 12.1 Å². The summed E-state index contributed by atoms with van der Waals surface area (Å²) in [5.74, 6) is -1.25. The van der Waals surface area contributed by atoms with E-state index in [-0.39, 0.29) is 5.78 Å². The van der Waals surface area contributed by atoms with Gasteiger partial charge in [-0.15, -0.1) is 11.8 Å². The van der Waals surface area contributed by atoms with Gasteiger partial charge in [0.25, 0.3) is 0 Å². The maximum atomic E-state index is 13.1. The zero-order valence-electron chi connectivity index (χ0n) is 10.8. The molecular formula is C16H13FO2S. The van der Waals surface area contributed by atoms with Crippen LogP contribution in [0.15, 0.2) is 53.4 Å². The van der Waals surface area contributed by atoms with E-state index in [1.165, 1.54) is 24.3 Å². The number of ketones is 1. The lowest BCUT2D eigenvalue weighted by Crippen LogP contribution is -1.93. The molecule has 0 heterocycles. The Morgan fingerprint density at radius 1 is 1.20 bits per heavy atom. The minimum absolute atomic E-state index is 0.147. The number of hydrogen-bond donors (Lipinski definition) is 1. The highest BCUT2D eigenvalue weighted by Gasteiger charge is 2.03. The third kappa shape index (κ3) is 3.48. The van der Waals surface area contributed by atoms with Crippen molar-refractivity contribution >= 4 is 23.6 Å². The van der Waals surface area contributed by atoms with Gasteiger partial charge in [-0.3, -0.25) is 4.79 Å². The summed E-state index contributed by atoms with van der Waals surface area (Å²) in [6, 6.07) is 11.3. The lowest BCUT2D eigenvalue weighted by Gasteiger charge is -1.99. The number of hydrogen-bond acceptors (Lipinski definition) is 3. The molecule has 4 heteroatoms. The maximum absolute atomic E-state index is 13.1. The molecule has 0 aliphatic rings. The summed E-state index contributed by atoms with van der Waals surface area (Å²) in [6.07, 6.45) is 4.88. The van der Waals surface area contributed by atoms with E-state index in [1.54, 1.807) is 30.0 Å². The molecule has 0 bridgehead atoms. The second-order valence-electron chi connectivity index (χ2n) is 4.14. The topological polar surface area (TPSA) is 37.3 Å². The Bertz CT molecular complexity index is 648. The number of phenols is 1. The van der Waals surface area contributed by atoms with E-state index in [0.717, 1.165) is 4.90 Å². The largest absolute Gasteiger partial charge is 0.505 e. The minimum atomic E-state index is -0.705. The van der Waals surface area contributed by atoms with E-state index in [4.69, 9.17) is 5.11 Å². The van der Waals surface area contributed by atoms with Gasteiger partial charge >= 0.3 is 0 Å². The van der Waals surface area contributed by atoms with Gasteiger partial charge in [0.2, 0.25) is 0 Å². The second kappa shape index (κ2) is 6.39. The molecule has 2 aromatic rings. The summed E-state index contributed by atoms with van der Waals surface area (Å²) < 4.78 is 13.1. The summed E-state index contributed by atoms with van der Waals surface area (Å²) in [6.45, 7) is 0. The van der Waals surface area contributed by atoms with Crippen molar-refractivity contribution in [1.82, 2.24) is 0 Å². The molecule has 0 aromatic heterocycles. The van der Waals surface area contributed by atoms with Crippen LogP contribution in [0.1, 0.15) is 15.9 Å². The van der Waals surface area contributed by atoms with Crippen LogP contribution >= 0.6 is 11.8 Å². The molecule has 0 spiro atoms. The Balaban J connectivity index is 2.13. The molecule has 0 aliphatic carbocycles. The number of halogens is 1. The number of phenolic OH excluding ortho intramolecular Hbond substituents is 1. The van der Waals surface area contributed by atoms with Crippen LogP contribution < -0.4 is 0 Å². The zero-order chi connectivity index (χ0) is 14.5. The van der Waals surface area contributed by atoms with E-state index in [2.05, 4.69) is 0 Å². The Labute approximate surface area is 121 Å². The quantitative estimate of drug-likeness (QED) is 0.521. The Kier molecular flexibility index (Phi) is 4.58. The van der Waals surface area contributed by atoms with E-state index in [0.29, 0.717) is 11.1 Å². The van der Waals surface area contributed by atoms with Crippen molar-refractivity contribution in [3.8, 4) is 5.75 Å². The molecular weight excluding hydrogens is 275 g/mol. The maximum Gasteiger partial charge on any atom is 0.185 e. The first-order valence-electron chi connectivity index (χ1n) is 5.95. The minimum Gasteiger partial charge on any atom is -0.505 e. The fourth-order valence-corrected chi connectivity index (χ4v) is 2.06. The molecule has 0 unspecified atom stereocenters. The molecule has 20 heavy (non-hydrogen) atoms. The number of rotatable bonds is 4. The average molecular weight is 288 g/mol. The number of allylic oxidation sites excluding steroid dienone is 1. The molecule has 2 rings (SSSR count). The molecule has 2 aromatic carbocycles. The molecule has 0 atom stereocenters.